The number of rotatable bonds is 6. The highest BCUT2D eigenvalue weighted by atomic mass is 19.4. The van der Waals surface area contributed by atoms with E-state index in [0.717, 1.165) is 0 Å². The van der Waals surface area contributed by atoms with Crippen molar-refractivity contribution >= 4 is 0 Å². The van der Waals surface area contributed by atoms with E-state index in [9.17, 15) is 18.3 Å². The predicted octanol–water partition coefficient (Wildman–Crippen LogP) is 3.48. The SMILES string of the molecule is CC(NCCCCC(F)(F)F)c1ccc(O)cc1O. The van der Waals surface area contributed by atoms with Crippen LogP contribution < -0.4 is 5.32 Å². The molecule has 0 radical (unpaired) electrons. The summed E-state index contributed by atoms with van der Waals surface area (Å²) in [7, 11) is 0. The summed E-state index contributed by atoms with van der Waals surface area (Å²) < 4.78 is 35.8. The highest BCUT2D eigenvalue weighted by Gasteiger charge is 2.25. The van der Waals surface area contributed by atoms with Crippen LogP contribution in [0.25, 0.3) is 0 Å². The molecule has 0 aliphatic heterocycles. The lowest BCUT2D eigenvalue weighted by Crippen LogP contribution is -2.20. The summed E-state index contributed by atoms with van der Waals surface area (Å²) in [5.74, 6) is -0.0612. The number of benzene rings is 1. The number of hydrogen-bond acceptors (Lipinski definition) is 3. The van der Waals surface area contributed by atoms with Gasteiger partial charge in [0, 0.05) is 24.1 Å². The molecule has 3 nitrogen and oxygen atoms in total. The third-order valence-corrected chi connectivity index (χ3v) is 2.82. The summed E-state index contributed by atoms with van der Waals surface area (Å²) in [6.45, 7) is 2.24. The van der Waals surface area contributed by atoms with Crippen molar-refractivity contribution in [1.29, 1.82) is 0 Å². The molecule has 0 aliphatic rings. The van der Waals surface area contributed by atoms with Crippen molar-refractivity contribution in [3.8, 4) is 11.5 Å². The van der Waals surface area contributed by atoms with Crippen LogP contribution in [0.15, 0.2) is 18.2 Å². The summed E-state index contributed by atoms with van der Waals surface area (Å²) >= 11 is 0. The number of phenolic OH excluding ortho intramolecular Hbond substituents is 2. The van der Waals surface area contributed by atoms with Crippen molar-refractivity contribution in [3.05, 3.63) is 23.8 Å². The van der Waals surface area contributed by atoms with Crippen LogP contribution >= 0.6 is 0 Å². The lowest BCUT2D eigenvalue weighted by molar-refractivity contribution is -0.135. The smallest absolute Gasteiger partial charge is 0.389 e. The third kappa shape index (κ3) is 5.83. The lowest BCUT2D eigenvalue weighted by Gasteiger charge is -2.16. The van der Waals surface area contributed by atoms with Crippen LogP contribution in [0.5, 0.6) is 11.5 Å². The number of aromatic hydroxyl groups is 2. The van der Waals surface area contributed by atoms with Gasteiger partial charge >= 0.3 is 6.18 Å². The molecule has 108 valence electrons. The average molecular weight is 277 g/mol. The van der Waals surface area contributed by atoms with Gasteiger partial charge in [-0.25, -0.2) is 0 Å². The molecule has 3 N–H and O–H groups in total. The van der Waals surface area contributed by atoms with Gasteiger partial charge in [-0.1, -0.05) is 6.07 Å². The Hall–Kier alpha value is -1.43. The van der Waals surface area contributed by atoms with E-state index >= 15 is 0 Å². The van der Waals surface area contributed by atoms with E-state index in [1.54, 1.807) is 13.0 Å². The zero-order chi connectivity index (χ0) is 14.5. The van der Waals surface area contributed by atoms with Crippen molar-refractivity contribution < 1.29 is 23.4 Å². The van der Waals surface area contributed by atoms with Gasteiger partial charge in [0.2, 0.25) is 0 Å². The second-order valence-corrected chi connectivity index (χ2v) is 4.49. The van der Waals surface area contributed by atoms with E-state index in [-0.39, 0.29) is 24.0 Å². The van der Waals surface area contributed by atoms with Crippen LogP contribution in [0, 0.1) is 0 Å². The van der Waals surface area contributed by atoms with Gasteiger partial charge in [-0.3, -0.25) is 0 Å². The van der Waals surface area contributed by atoms with Crippen molar-refractivity contribution in [1.82, 2.24) is 5.32 Å². The topological polar surface area (TPSA) is 52.5 Å². The summed E-state index contributed by atoms with van der Waals surface area (Å²) in [6, 6.07) is 4.08. The Morgan fingerprint density at radius 1 is 1.21 bits per heavy atom. The standard InChI is InChI=1S/C13H18F3NO2/c1-9(11-5-4-10(18)8-12(11)19)17-7-3-2-6-13(14,15)16/h4-5,8-9,17-19H,2-3,6-7H2,1H3. The summed E-state index contributed by atoms with van der Waals surface area (Å²) in [6.07, 6.45) is -4.36. The zero-order valence-corrected chi connectivity index (χ0v) is 10.7. The zero-order valence-electron chi connectivity index (χ0n) is 10.7. The van der Waals surface area contributed by atoms with Crippen molar-refractivity contribution in [2.45, 2.75) is 38.4 Å². The van der Waals surface area contributed by atoms with Crippen LogP contribution in [0.3, 0.4) is 0 Å². The van der Waals surface area contributed by atoms with Crippen LogP contribution in [-0.4, -0.2) is 22.9 Å². The van der Waals surface area contributed by atoms with E-state index in [4.69, 9.17) is 5.11 Å². The first kappa shape index (κ1) is 15.6. The molecule has 19 heavy (non-hydrogen) atoms. The van der Waals surface area contributed by atoms with E-state index in [1.807, 2.05) is 0 Å². The first-order valence-corrected chi connectivity index (χ1v) is 6.11. The van der Waals surface area contributed by atoms with Gasteiger partial charge < -0.3 is 15.5 Å². The quantitative estimate of drug-likeness (QED) is 0.698. The number of alkyl halides is 3. The maximum atomic E-state index is 11.9. The number of hydrogen-bond donors (Lipinski definition) is 3. The highest BCUT2D eigenvalue weighted by molar-refractivity contribution is 5.40. The van der Waals surface area contributed by atoms with Gasteiger partial charge in [-0.05, 0) is 32.4 Å². The van der Waals surface area contributed by atoms with E-state index < -0.39 is 12.6 Å². The Morgan fingerprint density at radius 3 is 2.47 bits per heavy atom. The summed E-state index contributed by atoms with van der Waals surface area (Å²) in [5.41, 5.74) is 0.605. The van der Waals surface area contributed by atoms with Gasteiger partial charge in [0.15, 0.2) is 0 Å². The molecule has 0 saturated carbocycles. The molecule has 0 amide bonds. The van der Waals surface area contributed by atoms with Crippen LogP contribution in [0.1, 0.15) is 37.8 Å². The van der Waals surface area contributed by atoms with Gasteiger partial charge in [0.1, 0.15) is 11.5 Å². The Balaban J connectivity index is 2.33. The molecule has 0 aliphatic carbocycles. The molecule has 0 aromatic heterocycles. The Labute approximate surface area is 110 Å². The number of nitrogens with one attached hydrogen (secondary N) is 1. The normalized spacial score (nSPS) is 13.5. The fraction of sp³-hybridized carbons (Fsp3) is 0.538. The molecule has 1 rings (SSSR count). The first-order valence-electron chi connectivity index (χ1n) is 6.11. The molecule has 0 spiro atoms. The first-order chi connectivity index (χ1) is 8.79. The van der Waals surface area contributed by atoms with Gasteiger partial charge in [0.25, 0.3) is 0 Å². The predicted molar refractivity (Wildman–Crippen MR) is 66.1 cm³/mol. The molecule has 0 heterocycles. The summed E-state index contributed by atoms with van der Waals surface area (Å²) in [4.78, 5) is 0. The van der Waals surface area contributed by atoms with Crippen LogP contribution in [-0.2, 0) is 0 Å². The number of phenols is 2. The molecule has 0 fully saturated rings. The molecule has 1 aromatic carbocycles. The van der Waals surface area contributed by atoms with E-state index in [0.29, 0.717) is 18.5 Å². The summed E-state index contributed by atoms with van der Waals surface area (Å²) in [5, 5.41) is 21.8. The van der Waals surface area contributed by atoms with Crippen LogP contribution in [0.4, 0.5) is 13.2 Å². The van der Waals surface area contributed by atoms with Gasteiger partial charge in [0.05, 0.1) is 0 Å². The molecular formula is C13H18F3NO2. The van der Waals surface area contributed by atoms with Gasteiger partial charge in [-0.2, -0.15) is 13.2 Å². The minimum atomic E-state index is -4.10. The molecule has 6 heteroatoms. The average Bonchev–Trinajstić information content (AvgIpc) is 2.26. The Kier molecular flexibility index (Phi) is 5.47. The molecule has 1 aromatic rings. The molecular weight excluding hydrogens is 259 g/mol. The second-order valence-electron chi connectivity index (χ2n) is 4.49. The Bertz CT molecular complexity index is 407. The van der Waals surface area contributed by atoms with Crippen molar-refractivity contribution in [3.63, 3.8) is 0 Å². The molecule has 1 unspecified atom stereocenters. The fourth-order valence-electron chi connectivity index (χ4n) is 1.78. The van der Waals surface area contributed by atoms with Gasteiger partial charge in [-0.15, -0.1) is 0 Å². The third-order valence-electron chi connectivity index (χ3n) is 2.82. The second kappa shape index (κ2) is 6.65. The fourth-order valence-corrected chi connectivity index (χ4v) is 1.78. The van der Waals surface area contributed by atoms with E-state index in [2.05, 4.69) is 5.32 Å². The van der Waals surface area contributed by atoms with Crippen molar-refractivity contribution in [2.24, 2.45) is 0 Å². The maximum Gasteiger partial charge on any atom is 0.389 e. The minimum absolute atomic E-state index is 0.0290. The van der Waals surface area contributed by atoms with Crippen LogP contribution in [0.2, 0.25) is 0 Å². The van der Waals surface area contributed by atoms with E-state index in [1.165, 1.54) is 12.1 Å². The lowest BCUT2D eigenvalue weighted by atomic mass is 10.1. The molecule has 1 atom stereocenters. The maximum absolute atomic E-state index is 11.9. The van der Waals surface area contributed by atoms with Crippen molar-refractivity contribution in [2.75, 3.05) is 6.54 Å². The largest absolute Gasteiger partial charge is 0.508 e. The molecule has 0 saturated heterocycles. The minimum Gasteiger partial charge on any atom is -0.508 e. The Morgan fingerprint density at radius 2 is 1.89 bits per heavy atom. The highest BCUT2D eigenvalue weighted by Crippen LogP contribution is 2.27. The number of halogens is 3. The monoisotopic (exact) mass is 277 g/mol. The molecule has 0 bridgehead atoms. The number of unbranched alkanes of at least 4 members (excludes halogenated alkanes) is 1.